The monoisotopic (exact) mass is 455 g/mol. The standard InChI is InChI=1S/C23H45N5O4/c1-5-6-7-8-9-10-12-28-13-11-25-15-19(28)22(31)27-20(17(4)29)23(32)26-18(14-24)21(30)16(2)3/h16-20,25,29H,5-15,24H2,1-4H3,(H,26,32)(H,27,31)/t17?,18-,19-,20-/m0/s1. The zero-order valence-corrected chi connectivity index (χ0v) is 20.4. The number of carbonyl (C=O) groups excluding carboxylic acids is 3. The van der Waals surface area contributed by atoms with Crippen LogP contribution in [0.1, 0.15) is 66.2 Å². The van der Waals surface area contributed by atoms with Crippen molar-refractivity contribution in [1.29, 1.82) is 0 Å². The number of hydrogen-bond donors (Lipinski definition) is 5. The second-order valence-corrected chi connectivity index (χ2v) is 9.10. The number of unbranched alkanes of at least 4 members (excludes halogenated alkanes) is 5. The molecule has 1 unspecified atom stereocenters. The lowest BCUT2D eigenvalue weighted by Crippen LogP contribution is -2.63. The number of carbonyl (C=O) groups is 3. The summed E-state index contributed by atoms with van der Waals surface area (Å²) in [5.74, 6) is -1.38. The minimum atomic E-state index is -1.16. The van der Waals surface area contributed by atoms with E-state index in [1.165, 1.54) is 32.6 Å². The summed E-state index contributed by atoms with van der Waals surface area (Å²) in [7, 11) is 0. The van der Waals surface area contributed by atoms with E-state index in [4.69, 9.17) is 5.73 Å². The molecule has 2 amide bonds. The first-order valence-corrected chi connectivity index (χ1v) is 12.2. The van der Waals surface area contributed by atoms with Crippen molar-refractivity contribution in [3.05, 3.63) is 0 Å². The molecule has 1 saturated heterocycles. The zero-order chi connectivity index (χ0) is 24.1. The molecular formula is C23H45N5O4. The molecule has 0 bridgehead atoms. The first-order valence-electron chi connectivity index (χ1n) is 12.2. The number of piperazine rings is 1. The van der Waals surface area contributed by atoms with Crippen LogP contribution < -0.4 is 21.7 Å². The minimum Gasteiger partial charge on any atom is -0.391 e. The van der Waals surface area contributed by atoms with Gasteiger partial charge in [0.05, 0.1) is 12.1 Å². The second-order valence-electron chi connectivity index (χ2n) is 9.10. The van der Waals surface area contributed by atoms with E-state index in [0.717, 1.165) is 32.5 Å². The maximum absolute atomic E-state index is 13.0. The number of aliphatic hydroxyl groups is 1. The Balaban J connectivity index is 2.69. The summed E-state index contributed by atoms with van der Waals surface area (Å²) in [5.41, 5.74) is 5.66. The summed E-state index contributed by atoms with van der Waals surface area (Å²) >= 11 is 0. The molecule has 0 spiro atoms. The largest absolute Gasteiger partial charge is 0.391 e. The van der Waals surface area contributed by atoms with E-state index < -0.39 is 30.1 Å². The SMILES string of the molecule is CCCCCCCCN1CCNC[C@H]1C(=O)N[C@H](C(=O)N[C@@H](CN)C(=O)C(C)C)C(C)O. The molecule has 1 rings (SSSR count). The number of ketones is 1. The van der Waals surface area contributed by atoms with Crippen molar-refractivity contribution in [2.75, 3.05) is 32.7 Å². The van der Waals surface area contributed by atoms with Gasteiger partial charge in [-0.15, -0.1) is 0 Å². The molecule has 4 atom stereocenters. The van der Waals surface area contributed by atoms with Gasteiger partial charge in [-0.2, -0.15) is 0 Å². The Morgan fingerprint density at radius 3 is 2.34 bits per heavy atom. The molecule has 9 nitrogen and oxygen atoms in total. The van der Waals surface area contributed by atoms with Crippen LogP contribution >= 0.6 is 0 Å². The van der Waals surface area contributed by atoms with E-state index in [1.54, 1.807) is 13.8 Å². The number of aliphatic hydroxyl groups excluding tert-OH is 1. The lowest BCUT2D eigenvalue weighted by molar-refractivity contribution is -0.136. The molecule has 32 heavy (non-hydrogen) atoms. The van der Waals surface area contributed by atoms with Crippen molar-refractivity contribution in [1.82, 2.24) is 20.9 Å². The average Bonchev–Trinajstić information content (AvgIpc) is 2.77. The van der Waals surface area contributed by atoms with E-state index in [9.17, 15) is 19.5 Å². The van der Waals surface area contributed by atoms with Crippen LogP contribution in [0.2, 0.25) is 0 Å². The molecule has 0 radical (unpaired) electrons. The molecule has 0 aromatic rings. The van der Waals surface area contributed by atoms with Gasteiger partial charge in [0, 0.05) is 32.1 Å². The fraction of sp³-hybridized carbons (Fsp3) is 0.870. The minimum absolute atomic E-state index is 0.0399. The zero-order valence-electron chi connectivity index (χ0n) is 20.4. The first-order chi connectivity index (χ1) is 15.2. The Morgan fingerprint density at radius 1 is 1.09 bits per heavy atom. The van der Waals surface area contributed by atoms with Crippen LogP contribution in [-0.2, 0) is 14.4 Å². The third-order valence-corrected chi connectivity index (χ3v) is 5.98. The van der Waals surface area contributed by atoms with Gasteiger partial charge in [0.25, 0.3) is 0 Å². The van der Waals surface area contributed by atoms with E-state index in [0.29, 0.717) is 6.54 Å². The number of rotatable bonds is 15. The summed E-state index contributed by atoms with van der Waals surface area (Å²) in [5, 5.41) is 18.7. The highest BCUT2D eigenvalue weighted by atomic mass is 16.3. The van der Waals surface area contributed by atoms with Crippen LogP contribution in [0.25, 0.3) is 0 Å². The summed E-state index contributed by atoms with van der Waals surface area (Å²) in [4.78, 5) is 40.2. The fourth-order valence-electron chi connectivity index (χ4n) is 3.93. The molecule has 1 fully saturated rings. The third kappa shape index (κ3) is 9.52. The van der Waals surface area contributed by atoms with Crippen LogP contribution in [0.3, 0.4) is 0 Å². The van der Waals surface area contributed by atoms with Crippen LogP contribution in [-0.4, -0.2) is 84.6 Å². The molecule has 0 aromatic carbocycles. The van der Waals surface area contributed by atoms with Gasteiger partial charge < -0.3 is 26.8 Å². The van der Waals surface area contributed by atoms with E-state index in [2.05, 4.69) is 27.8 Å². The van der Waals surface area contributed by atoms with Crippen LogP contribution in [0.15, 0.2) is 0 Å². The molecule has 0 aromatic heterocycles. The van der Waals surface area contributed by atoms with Gasteiger partial charge in [-0.1, -0.05) is 52.9 Å². The highest BCUT2D eigenvalue weighted by Crippen LogP contribution is 2.10. The van der Waals surface area contributed by atoms with Crippen LogP contribution in [0.5, 0.6) is 0 Å². The Kier molecular flexibility index (Phi) is 13.6. The van der Waals surface area contributed by atoms with E-state index in [1.807, 2.05) is 0 Å². The number of Topliss-reactive ketones (excluding diaryl/α,β-unsaturated/α-hetero) is 1. The summed E-state index contributed by atoms with van der Waals surface area (Å²) in [6, 6.07) is -2.41. The molecule has 1 heterocycles. The predicted molar refractivity (Wildman–Crippen MR) is 126 cm³/mol. The predicted octanol–water partition coefficient (Wildman–Crippen LogP) is 0.155. The molecule has 1 aliphatic rings. The Morgan fingerprint density at radius 2 is 1.75 bits per heavy atom. The first kappa shape index (κ1) is 28.5. The van der Waals surface area contributed by atoms with Gasteiger partial charge in [0.15, 0.2) is 5.78 Å². The van der Waals surface area contributed by atoms with Crippen LogP contribution in [0, 0.1) is 5.92 Å². The highest BCUT2D eigenvalue weighted by Gasteiger charge is 2.34. The highest BCUT2D eigenvalue weighted by molar-refractivity contribution is 5.94. The fourth-order valence-corrected chi connectivity index (χ4v) is 3.93. The van der Waals surface area contributed by atoms with Crippen LogP contribution in [0.4, 0.5) is 0 Å². The smallest absolute Gasteiger partial charge is 0.245 e. The normalized spacial score (nSPS) is 19.9. The molecule has 1 aliphatic heterocycles. The van der Waals surface area contributed by atoms with Crippen molar-refractivity contribution in [2.45, 2.75) is 90.4 Å². The maximum Gasteiger partial charge on any atom is 0.245 e. The summed E-state index contributed by atoms with van der Waals surface area (Å²) in [6.45, 7) is 9.97. The quantitative estimate of drug-likeness (QED) is 0.222. The Bertz CT molecular complexity index is 585. The third-order valence-electron chi connectivity index (χ3n) is 5.98. The second kappa shape index (κ2) is 15.3. The summed E-state index contributed by atoms with van der Waals surface area (Å²) in [6.07, 6.45) is 5.99. The van der Waals surface area contributed by atoms with Gasteiger partial charge in [-0.05, 0) is 19.9 Å². The topological polar surface area (TPSA) is 137 Å². The summed E-state index contributed by atoms with van der Waals surface area (Å²) < 4.78 is 0. The molecular weight excluding hydrogens is 410 g/mol. The van der Waals surface area contributed by atoms with E-state index >= 15 is 0 Å². The Hall–Kier alpha value is -1.55. The van der Waals surface area contributed by atoms with Crippen molar-refractivity contribution >= 4 is 17.6 Å². The number of nitrogens with two attached hydrogens (primary N) is 1. The number of nitrogens with one attached hydrogen (secondary N) is 3. The van der Waals surface area contributed by atoms with E-state index in [-0.39, 0.29) is 24.2 Å². The maximum atomic E-state index is 13.0. The Labute approximate surface area is 193 Å². The van der Waals surface area contributed by atoms with Gasteiger partial charge in [0.1, 0.15) is 12.1 Å². The number of nitrogens with zero attached hydrogens (tertiary/aromatic N) is 1. The lowest BCUT2D eigenvalue weighted by Gasteiger charge is -2.36. The molecule has 9 heteroatoms. The van der Waals surface area contributed by atoms with Gasteiger partial charge in [-0.25, -0.2) is 0 Å². The molecule has 0 aliphatic carbocycles. The number of amides is 2. The van der Waals surface area contributed by atoms with Crippen molar-refractivity contribution in [3.63, 3.8) is 0 Å². The van der Waals surface area contributed by atoms with Crippen molar-refractivity contribution in [2.24, 2.45) is 11.7 Å². The number of hydrogen-bond acceptors (Lipinski definition) is 7. The lowest BCUT2D eigenvalue weighted by atomic mass is 10.0. The van der Waals surface area contributed by atoms with Gasteiger partial charge in [0.2, 0.25) is 11.8 Å². The van der Waals surface area contributed by atoms with Gasteiger partial charge in [-0.3, -0.25) is 19.3 Å². The van der Waals surface area contributed by atoms with Gasteiger partial charge >= 0.3 is 0 Å². The molecule has 0 saturated carbocycles. The van der Waals surface area contributed by atoms with Crippen molar-refractivity contribution in [3.8, 4) is 0 Å². The average molecular weight is 456 g/mol. The molecule has 186 valence electrons. The van der Waals surface area contributed by atoms with Crippen molar-refractivity contribution < 1.29 is 19.5 Å². The molecule has 6 N–H and O–H groups in total.